The van der Waals surface area contributed by atoms with Gasteiger partial charge in [-0.2, -0.15) is 0 Å². The first-order valence-electron chi connectivity index (χ1n) is 4.29. The molecule has 72 valence electrons. The van der Waals surface area contributed by atoms with Crippen molar-refractivity contribution in [3.8, 4) is 10.8 Å². The fraction of sp³-hybridized carbons (Fsp3) is 0.0909. The number of rotatable bonds is 3. The van der Waals surface area contributed by atoms with Crippen LogP contribution in [0.25, 0.3) is 0 Å². The van der Waals surface area contributed by atoms with Gasteiger partial charge in [-0.1, -0.05) is 12.1 Å². The van der Waals surface area contributed by atoms with Crippen LogP contribution in [0.15, 0.2) is 41.8 Å². The predicted octanol–water partition coefficient (Wildman–Crippen LogP) is 3.03. The fourth-order valence-electron chi connectivity index (χ4n) is 1.15. The molecule has 0 aliphatic rings. The van der Waals surface area contributed by atoms with Gasteiger partial charge in [0.1, 0.15) is 5.75 Å². The van der Waals surface area contributed by atoms with Crippen LogP contribution in [0.4, 0.5) is 0 Å². The maximum absolute atomic E-state index is 8.94. The summed E-state index contributed by atoms with van der Waals surface area (Å²) in [6.45, 7) is 0.0433. The smallest absolute Gasteiger partial charge is 0.180 e. The molecule has 2 aromatic rings. The molecule has 0 aliphatic carbocycles. The first kappa shape index (κ1) is 9.24. The third-order valence-corrected chi connectivity index (χ3v) is 2.54. The van der Waals surface area contributed by atoms with E-state index in [9.17, 15) is 0 Å². The molecule has 3 heteroatoms. The molecule has 1 aromatic carbocycles. The summed E-state index contributed by atoms with van der Waals surface area (Å²) >= 11 is 1.55. The first-order chi connectivity index (χ1) is 6.88. The van der Waals surface area contributed by atoms with E-state index in [2.05, 4.69) is 0 Å². The van der Waals surface area contributed by atoms with Crippen molar-refractivity contribution in [2.45, 2.75) is 6.61 Å². The summed E-state index contributed by atoms with van der Waals surface area (Å²) in [4.78, 5) is 0. The molecule has 0 atom stereocenters. The second-order valence-corrected chi connectivity index (χ2v) is 3.75. The molecule has 0 fully saturated rings. The largest absolute Gasteiger partial charge is 0.447 e. The van der Waals surface area contributed by atoms with Gasteiger partial charge in [0, 0.05) is 0 Å². The molecule has 0 unspecified atom stereocenters. The molecule has 0 aliphatic heterocycles. The Hall–Kier alpha value is -1.32. The Balaban J connectivity index is 2.17. The molecule has 2 nitrogen and oxygen atoms in total. The van der Waals surface area contributed by atoms with Crippen LogP contribution in [0.2, 0.25) is 0 Å². The highest BCUT2D eigenvalue weighted by Gasteiger charge is 1.98. The summed E-state index contributed by atoms with van der Waals surface area (Å²) in [5.74, 6) is 0.763. The van der Waals surface area contributed by atoms with Gasteiger partial charge >= 0.3 is 0 Å². The van der Waals surface area contributed by atoms with Crippen molar-refractivity contribution < 1.29 is 9.84 Å². The lowest BCUT2D eigenvalue weighted by molar-refractivity contribution is 0.281. The van der Waals surface area contributed by atoms with E-state index in [4.69, 9.17) is 9.84 Å². The quantitative estimate of drug-likeness (QED) is 0.836. The standard InChI is InChI=1S/C11H10O2S/c12-8-9-3-1-4-10(7-9)13-11-5-2-6-14-11/h1-7,12H,8H2. The first-order valence-corrected chi connectivity index (χ1v) is 5.17. The second-order valence-electron chi connectivity index (χ2n) is 2.84. The normalized spacial score (nSPS) is 10.1. The van der Waals surface area contributed by atoms with Gasteiger partial charge in [0.25, 0.3) is 0 Å². The van der Waals surface area contributed by atoms with Gasteiger partial charge in [-0.3, -0.25) is 0 Å². The molecular formula is C11H10O2S. The Kier molecular flexibility index (Phi) is 2.81. The van der Waals surface area contributed by atoms with Gasteiger partial charge in [-0.25, -0.2) is 0 Å². The Morgan fingerprint density at radius 2 is 2.14 bits per heavy atom. The zero-order chi connectivity index (χ0) is 9.80. The number of hydrogen-bond acceptors (Lipinski definition) is 3. The lowest BCUT2D eigenvalue weighted by Gasteiger charge is -2.03. The Labute approximate surface area is 86.4 Å². The van der Waals surface area contributed by atoms with Crippen LogP contribution in [0, 0.1) is 0 Å². The van der Waals surface area contributed by atoms with Crippen LogP contribution >= 0.6 is 11.3 Å². The Bertz CT molecular complexity index is 395. The Morgan fingerprint density at radius 1 is 1.21 bits per heavy atom. The van der Waals surface area contributed by atoms with Gasteiger partial charge in [0.2, 0.25) is 0 Å². The molecule has 1 N–H and O–H groups in total. The van der Waals surface area contributed by atoms with E-state index in [0.717, 1.165) is 16.4 Å². The maximum Gasteiger partial charge on any atom is 0.180 e. The van der Waals surface area contributed by atoms with Crippen molar-refractivity contribution >= 4 is 11.3 Å². The third kappa shape index (κ3) is 2.13. The van der Waals surface area contributed by atoms with Crippen LogP contribution in [-0.2, 0) is 6.61 Å². The highest BCUT2D eigenvalue weighted by molar-refractivity contribution is 7.11. The molecule has 0 bridgehead atoms. The van der Waals surface area contributed by atoms with E-state index < -0.39 is 0 Å². The fourth-order valence-corrected chi connectivity index (χ4v) is 1.74. The summed E-state index contributed by atoms with van der Waals surface area (Å²) in [7, 11) is 0. The van der Waals surface area contributed by atoms with Crippen molar-refractivity contribution in [2.75, 3.05) is 0 Å². The minimum absolute atomic E-state index is 0.0433. The van der Waals surface area contributed by atoms with Crippen molar-refractivity contribution in [1.29, 1.82) is 0 Å². The molecule has 1 heterocycles. The van der Waals surface area contributed by atoms with Gasteiger partial charge in [-0.05, 0) is 35.2 Å². The highest BCUT2D eigenvalue weighted by atomic mass is 32.1. The van der Waals surface area contributed by atoms with Gasteiger partial charge < -0.3 is 9.84 Å². The number of ether oxygens (including phenoxy) is 1. The van der Waals surface area contributed by atoms with E-state index in [0.29, 0.717) is 0 Å². The Morgan fingerprint density at radius 3 is 2.86 bits per heavy atom. The zero-order valence-corrected chi connectivity index (χ0v) is 8.33. The van der Waals surface area contributed by atoms with Crippen molar-refractivity contribution in [3.05, 3.63) is 47.3 Å². The summed E-state index contributed by atoms with van der Waals surface area (Å²) < 4.78 is 5.57. The number of aliphatic hydroxyl groups excluding tert-OH is 1. The average molecular weight is 206 g/mol. The molecule has 0 radical (unpaired) electrons. The number of thiophene rings is 1. The van der Waals surface area contributed by atoms with Gasteiger partial charge in [0.05, 0.1) is 6.61 Å². The lowest BCUT2D eigenvalue weighted by Crippen LogP contribution is -1.85. The topological polar surface area (TPSA) is 29.5 Å². The molecule has 0 amide bonds. The van der Waals surface area contributed by atoms with E-state index in [1.165, 1.54) is 0 Å². The molecule has 1 aromatic heterocycles. The SMILES string of the molecule is OCc1cccc(Oc2cccs2)c1. The molecule has 14 heavy (non-hydrogen) atoms. The highest BCUT2D eigenvalue weighted by Crippen LogP contribution is 2.26. The van der Waals surface area contributed by atoms with Crippen LogP contribution in [0.5, 0.6) is 10.8 Å². The van der Waals surface area contributed by atoms with Crippen LogP contribution in [-0.4, -0.2) is 5.11 Å². The van der Waals surface area contributed by atoms with E-state index in [1.807, 2.05) is 41.8 Å². The van der Waals surface area contributed by atoms with Crippen LogP contribution in [0.1, 0.15) is 5.56 Å². The number of benzene rings is 1. The number of aliphatic hydroxyl groups is 1. The summed E-state index contributed by atoms with van der Waals surface area (Å²) in [6, 6.07) is 11.3. The van der Waals surface area contributed by atoms with Crippen LogP contribution in [0.3, 0.4) is 0 Å². The minimum Gasteiger partial charge on any atom is -0.447 e. The lowest BCUT2D eigenvalue weighted by atomic mass is 10.2. The maximum atomic E-state index is 8.94. The van der Waals surface area contributed by atoms with Crippen LogP contribution < -0.4 is 4.74 Å². The van der Waals surface area contributed by atoms with Crippen molar-refractivity contribution in [3.63, 3.8) is 0 Å². The van der Waals surface area contributed by atoms with E-state index >= 15 is 0 Å². The third-order valence-electron chi connectivity index (χ3n) is 1.79. The predicted molar refractivity (Wildman–Crippen MR) is 56.8 cm³/mol. The monoisotopic (exact) mass is 206 g/mol. The second kappa shape index (κ2) is 4.26. The summed E-state index contributed by atoms with van der Waals surface area (Å²) in [5.41, 5.74) is 0.860. The van der Waals surface area contributed by atoms with Gasteiger partial charge in [0.15, 0.2) is 5.06 Å². The zero-order valence-electron chi connectivity index (χ0n) is 7.51. The van der Waals surface area contributed by atoms with Crippen molar-refractivity contribution in [2.24, 2.45) is 0 Å². The molecule has 0 saturated carbocycles. The van der Waals surface area contributed by atoms with Crippen molar-refractivity contribution in [1.82, 2.24) is 0 Å². The average Bonchev–Trinajstić information content (AvgIpc) is 2.71. The summed E-state index contributed by atoms with van der Waals surface area (Å²) in [6.07, 6.45) is 0. The van der Waals surface area contributed by atoms with Gasteiger partial charge in [-0.15, -0.1) is 11.3 Å². The molecular weight excluding hydrogens is 196 g/mol. The minimum atomic E-state index is 0.0433. The van der Waals surface area contributed by atoms with E-state index in [-0.39, 0.29) is 6.61 Å². The number of hydrogen-bond donors (Lipinski definition) is 1. The van der Waals surface area contributed by atoms with E-state index in [1.54, 1.807) is 11.3 Å². The summed E-state index contributed by atoms with van der Waals surface area (Å²) in [5, 5.41) is 11.8. The molecule has 0 spiro atoms. The molecule has 0 saturated heterocycles. The molecule has 2 rings (SSSR count).